The molecule has 1 aliphatic carbocycles. The van der Waals surface area contributed by atoms with Crippen LogP contribution in [0, 0.1) is 3.70 Å². The van der Waals surface area contributed by atoms with E-state index in [0.29, 0.717) is 0 Å². The van der Waals surface area contributed by atoms with Gasteiger partial charge in [-0.3, -0.25) is 0 Å². The molecule has 11 heavy (non-hydrogen) atoms. The van der Waals surface area contributed by atoms with Crippen molar-refractivity contribution in [1.29, 1.82) is 0 Å². The van der Waals surface area contributed by atoms with Crippen molar-refractivity contribution >= 4 is 22.6 Å². The summed E-state index contributed by atoms with van der Waals surface area (Å²) in [5.41, 5.74) is 0.241. The van der Waals surface area contributed by atoms with Crippen molar-refractivity contribution in [3.05, 3.63) is 27.6 Å². The standard InChI is InChI=1S/C8H8INO/c9-7-3-1-2-6(10-7)8(11)4-5-8/h1-3,11H,4-5H2. The van der Waals surface area contributed by atoms with E-state index in [0.717, 1.165) is 22.2 Å². The summed E-state index contributed by atoms with van der Waals surface area (Å²) in [4.78, 5) is 4.24. The van der Waals surface area contributed by atoms with Crippen LogP contribution in [0.2, 0.25) is 0 Å². The number of aliphatic hydroxyl groups is 1. The monoisotopic (exact) mass is 261 g/mol. The molecule has 0 aliphatic heterocycles. The van der Waals surface area contributed by atoms with Crippen LogP contribution >= 0.6 is 22.6 Å². The van der Waals surface area contributed by atoms with Gasteiger partial charge in [0, 0.05) is 0 Å². The molecule has 1 aromatic rings. The van der Waals surface area contributed by atoms with E-state index < -0.39 is 5.60 Å². The Morgan fingerprint density at radius 2 is 2.18 bits per heavy atom. The Morgan fingerprint density at radius 3 is 2.73 bits per heavy atom. The third kappa shape index (κ3) is 1.39. The van der Waals surface area contributed by atoms with Gasteiger partial charge in [-0.2, -0.15) is 0 Å². The highest BCUT2D eigenvalue weighted by atomic mass is 127. The quantitative estimate of drug-likeness (QED) is 0.616. The van der Waals surface area contributed by atoms with Gasteiger partial charge in [0.05, 0.1) is 5.69 Å². The molecule has 1 heterocycles. The van der Waals surface area contributed by atoms with Crippen LogP contribution in [0.5, 0.6) is 0 Å². The van der Waals surface area contributed by atoms with Crippen molar-refractivity contribution in [2.24, 2.45) is 0 Å². The van der Waals surface area contributed by atoms with Crippen molar-refractivity contribution in [3.8, 4) is 0 Å². The number of hydrogen-bond donors (Lipinski definition) is 1. The summed E-state index contributed by atoms with van der Waals surface area (Å²) in [6.07, 6.45) is 1.72. The smallest absolute Gasteiger partial charge is 0.107 e. The van der Waals surface area contributed by atoms with Gasteiger partial charge >= 0.3 is 0 Å². The maximum atomic E-state index is 9.66. The minimum Gasteiger partial charge on any atom is -0.384 e. The van der Waals surface area contributed by atoms with Crippen LogP contribution in [0.4, 0.5) is 0 Å². The molecule has 2 nitrogen and oxygen atoms in total. The lowest BCUT2D eigenvalue weighted by Crippen LogP contribution is -2.07. The molecule has 1 aliphatic rings. The zero-order valence-electron chi connectivity index (χ0n) is 5.92. The van der Waals surface area contributed by atoms with Crippen molar-refractivity contribution < 1.29 is 5.11 Å². The lowest BCUT2D eigenvalue weighted by Gasteiger charge is -2.05. The van der Waals surface area contributed by atoms with Crippen LogP contribution in [0.3, 0.4) is 0 Å². The van der Waals surface area contributed by atoms with Crippen LogP contribution in [-0.4, -0.2) is 10.1 Å². The zero-order chi connectivity index (χ0) is 7.90. The second kappa shape index (κ2) is 2.42. The maximum Gasteiger partial charge on any atom is 0.107 e. The van der Waals surface area contributed by atoms with Gasteiger partial charge in [-0.05, 0) is 47.6 Å². The van der Waals surface area contributed by atoms with Crippen molar-refractivity contribution in [1.82, 2.24) is 4.98 Å². The molecule has 0 radical (unpaired) electrons. The number of pyridine rings is 1. The number of rotatable bonds is 1. The SMILES string of the molecule is OC1(c2cccc(I)n2)CC1. The Balaban J connectivity index is 2.38. The molecule has 1 saturated carbocycles. The molecule has 0 unspecified atom stereocenters. The molecule has 2 rings (SSSR count). The molecule has 0 bridgehead atoms. The first-order valence-electron chi connectivity index (χ1n) is 3.56. The van der Waals surface area contributed by atoms with E-state index >= 15 is 0 Å². The van der Waals surface area contributed by atoms with Gasteiger partial charge in [-0.1, -0.05) is 6.07 Å². The summed E-state index contributed by atoms with van der Waals surface area (Å²) >= 11 is 2.15. The molecule has 1 fully saturated rings. The van der Waals surface area contributed by atoms with E-state index in [1.54, 1.807) is 0 Å². The Labute approximate surface area is 78.8 Å². The molecule has 1 N–H and O–H groups in total. The minimum absolute atomic E-state index is 0.582. The highest BCUT2D eigenvalue weighted by Crippen LogP contribution is 2.44. The summed E-state index contributed by atoms with van der Waals surface area (Å²) < 4.78 is 0.945. The molecular weight excluding hydrogens is 253 g/mol. The average Bonchev–Trinajstić information content (AvgIpc) is 2.70. The van der Waals surface area contributed by atoms with Gasteiger partial charge in [-0.25, -0.2) is 4.98 Å². The van der Waals surface area contributed by atoms with Gasteiger partial charge in [-0.15, -0.1) is 0 Å². The van der Waals surface area contributed by atoms with E-state index in [-0.39, 0.29) is 0 Å². The Morgan fingerprint density at radius 1 is 1.45 bits per heavy atom. The Hall–Kier alpha value is -0.160. The second-order valence-corrected chi connectivity index (χ2v) is 3.98. The Bertz CT molecular complexity index is 283. The third-order valence-electron chi connectivity index (χ3n) is 1.92. The lowest BCUT2D eigenvalue weighted by atomic mass is 10.2. The lowest BCUT2D eigenvalue weighted by molar-refractivity contribution is 0.146. The maximum absolute atomic E-state index is 9.66. The first kappa shape index (κ1) is 7.49. The van der Waals surface area contributed by atoms with E-state index in [9.17, 15) is 5.11 Å². The topological polar surface area (TPSA) is 33.1 Å². The molecule has 3 heteroatoms. The number of hydrogen-bond acceptors (Lipinski definition) is 2. The molecule has 0 amide bonds. The van der Waals surface area contributed by atoms with Crippen molar-refractivity contribution in [2.45, 2.75) is 18.4 Å². The van der Waals surface area contributed by atoms with Crippen molar-refractivity contribution in [3.63, 3.8) is 0 Å². The molecule has 58 valence electrons. The summed E-state index contributed by atoms with van der Waals surface area (Å²) in [7, 11) is 0. The van der Waals surface area contributed by atoms with Gasteiger partial charge in [0.25, 0.3) is 0 Å². The van der Waals surface area contributed by atoms with Crippen molar-refractivity contribution in [2.75, 3.05) is 0 Å². The highest BCUT2D eigenvalue weighted by molar-refractivity contribution is 14.1. The predicted octanol–water partition coefficient (Wildman–Crippen LogP) is 1.67. The number of aromatic nitrogens is 1. The van der Waals surface area contributed by atoms with Crippen LogP contribution in [0.1, 0.15) is 18.5 Å². The zero-order valence-corrected chi connectivity index (χ0v) is 8.08. The minimum atomic E-state index is -0.582. The summed E-state index contributed by atoms with van der Waals surface area (Å²) in [6.45, 7) is 0. The molecule has 0 saturated heterocycles. The molecule has 0 aromatic carbocycles. The molecule has 0 atom stereocenters. The fourth-order valence-electron chi connectivity index (χ4n) is 1.04. The van der Waals surface area contributed by atoms with Crippen LogP contribution in [0.25, 0.3) is 0 Å². The fraction of sp³-hybridized carbons (Fsp3) is 0.375. The van der Waals surface area contributed by atoms with E-state index in [1.807, 2.05) is 18.2 Å². The second-order valence-electron chi connectivity index (χ2n) is 2.88. The molecular formula is C8H8INO. The van der Waals surface area contributed by atoms with Gasteiger partial charge in [0.2, 0.25) is 0 Å². The molecule has 1 aromatic heterocycles. The predicted molar refractivity (Wildman–Crippen MR) is 50.1 cm³/mol. The number of halogens is 1. The molecule has 0 spiro atoms. The highest BCUT2D eigenvalue weighted by Gasteiger charge is 2.43. The first-order valence-corrected chi connectivity index (χ1v) is 4.64. The van der Waals surface area contributed by atoms with E-state index in [1.165, 1.54) is 0 Å². The normalized spacial score (nSPS) is 19.8. The summed E-state index contributed by atoms with van der Waals surface area (Å²) in [5.74, 6) is 0. The van der Waals surface area contributed by atoms with Gasteiger partial charge in [0.1, 0.15) is 9.30 Å². The first-order chi connectivity index (χ1) is 5.21. The largest absolute Gasteiger partial charge is 0.384 e. The third-order valence-corrected chi connectivity index (χ3v) is 2.52. The summed E-state index contributed by atoms with van der Waals surface area (Å²) in [5, 5.41) is 9.66. The van der Waals surface area contributed by atoms with E-state index in [2.05, 4.69) is 27.6 Å². The number of nitrogens with zero attached hydrogens (tertiary/aromatic N) is 1. The van der Waals surface area contributed by atoms with E-state index in [4.69, 9.17) is 0 Å². The fourth-order valence-corrected chi connectivity index (χ4v) is 1.51. The van der Waals surface area contributed by atoms with Crippen LogP contribution < -0.4 is 0 Å². The van der Waals surface area contributed by atoms with Gasteiger partial charge < -0.3 is 5.11 Å². The average molecular weight is 261 g/mol. The van der Waals surface area contributed by atoms with Crippen LogP contribution in [0.15, 0.2) is 18.2 Å². The Kier molecular flexibility index (Phi) is 1.64. The van der Waals surface area contributed by atoms with Gasteiger partial charge in [0.15, 0.2) is 0 Å². The van der Waals surface area contributed by atoms with Crippen LogP contribution in [-0.2, 0) is 5.60 Å². The summed E-state index contributed by atoms with van der Waals surface area (Å²) in [6, 6.07) is 5.74.